The van der Waals surface area contributed by atoms with Gasteiger partial charge in [0.2, 0.25) is 5.91 Å². The predicted molar refractivity (Wildman–Crippen MR) is 57.3 cm³/mol. The molecule has 0 rings (SSSR count). The van der Waals surface area contributed by atoms with Crippen molar-refractivity contribution in [1.82, 2.24) is 5.32 Å². The molecule has 0 aliphatic rings. The normalized spacial score (nSPS) is 15.5. The Morgan fingerprint density at radius 3 is 2.07 bits per heavy atom. The molecule has 1 unspecified atom stereocenters. The van der Waals surface area contributed by atoms with Crippen molar-refractivity contribution < 1.29 is 14.7 Å². The van der Waals surface area contributed by atoms with Crippen LogP contribution >= 0.6 is 0 Å². The van der Waals surface area contributed by atoms with Crippen LogP contribution < -0.4 is 11.1 Å². The molecule has 1 amide bonds. The third-order valence-electron chi connectivity index (χ3n) is 2.52. The molecule has 0 bridgehead atoms. The molecule has 5 heteroatoms. The van der Waals surface area contributed by atoms with E-state index in [0.717, 1.165) is 0 Å². The van der Waals surface area contributed by atoms with Gasteiger partial charge in [-0.1, -0.05) is 6.92 Å². The molecule has 0 aromatic carbocycles. The summed E-state index contributed by atoms with van der Waals surface area (Å²) in [6.45, 7) is 6.62. The zero-order chi connectivity index (χ0) is 12.3. The molecule has 4 N–H and O–H groups in total. The zero-order valence-corrected chi connectivity index (χ0v) is 9.76. The molecule has 5 nitrogen and oxygen atoms in total. The zero-order valence-electron chi connectivity index (χ0n) is 9.76. The molecule has 0 saturated carbocycles. The molecule has 88 valence electrons. The molecule has 0 aliphatic heterocycles. The lowest BCUT2D eigenvalue weighted by molar-refractivity contribution is -0.148. The summed E-state index contributed by atoms with van der Waals surface area (Å²) in [5, 5.41) is 11.5. The van der Waals surface area contributed by atoms with E-state index in [1.807, 2.05) is 0 Å². The Bertz CT molecular complexity index is 258. The lowest BCUT2D eigenvalue weighted by Gasteiger charge is -2.26. The molecule has 0 radical (unpaired) electrons. The van der Waals surface area contributed by atoms with Gasteiger partial charge in [0.25, 0.3) is 0 Å². The largest absolute Gasteiger partial charge is 0.481 e. The summed E-state index contributed by atoms with van der Waals surface area (Å²) in [6.07, 6.45) is 0.452. The smallest absolute Gasteiger partial charge is 0.311 e. The molecule has 0 heterocycles. The minimum Gasteiger partial charge on any atom is -0.481 e. The van der Waals surface area contributed by atoms with Crippen LogP contribution in [0.1, 0.15) is 34.1 Å². The van der Waals surface area contributed by atoms with Gasteiger partial charge in [0.05, 0.1) is 11.0 Å². The highest BCUT2D eigenvalue weighted by atomic mass is 16.4. The van der Waals surface area contributed by atoms with E-state index in [2.05, 4.69) is 5.32 Å². The second-order valence-electron chi connectivity index (χ2n) is 4.62. The van der Waals surface area contributed by atoms with E-state index in [0.29, 0.717) is 6.42 Å². The van der Waals surface area contributed by atoms with Crippen molar-refractivity contribution >= 4 is 11.9 Å². The first kappa shape index (κ1) is 13.9. The average molecular weight is 216 g/mol. The summed E-state index contributed by atoms with van der Waals surface area (Å²) in [5.74, 6) is -1.26. The Hall–Kier alpha value is -1.10. The number of carboxylic acid groups (broad SMARTS) is 1. The maximum absolute atomic E-state index is 11.4. The monoisotopic (exact) mass is 216 g/mol. The topological polar surface area (TPSA) is 92.4 Å². The summed E-state index contributed by atoms with van der Waals surface area (Å²) in [5.41, 5.74) is 3.66. The van der Waals surface area contributed by atoms with E-state index < -0.39 is 16.9 Å². The summed E-state index contributed by atoms with van der Waals surface area (Å²) < 4.78 is 0. The molecular formula is C10H20N2O3. The summed E-state index contributed by atoms with van der Waals surface area (Å²) in [7, 11) is 0. The van der Waals surface area contributed by atoms with E-state index in [4.69, 9.17) is 10.8 Å². The summed E-state index contributed by atoms with van der Waals surface area (Å²) >= 11 is 0. The average Bonchev–Trinajstić information content (AvgIpc) is 2.11. The molecule has 0 aromatic rings. The van der Waals surface area contributed by atoms with Crippen LogP contribution in [0.4, 0.5) is 0 Å². The van der Waals surface area contributed by atoms with Gasteiger partial charge in [-0.05, 0) is 27.2 Å². The number of carbonyl (C=O) groups excluding carboxylic acids is 1. The number of nitrogens with one attached hydrogen (secondary N) is 1. The van der Waals surface area contributed by atoms with E-state index >= 15 is 0 Å². The van der Waals surface area contributed by atoms with E-state index in [1.165, 1.54) is 0 Å². The maximum atomic E-state index is 11.4. The Morgan fingerprint density at radius 2 is 1.80 bits per heavy atom. The van der Waals surface area contributed by atoms with Gasteiger partial charge in [-0.15, -0.1) is 0 Å². The number of amides is 1. The lowest BCUT2D eigenvalue weighted by Crippen LogP contribution is -2.52. The highest BCUT2D eigenvalue weighted by Gasteiger charge is 2.33. The molecule has 0 aliphatic carbocycles. The van der Waals surface area contributed by atoms with Gasteiger partial charge < -0.3 is 16.2 Å². The molecule has 0 spiro atoms. The van der Waals surface area contributed by atoms with E-state index in [-0.39, 0.29) is 12.5 Å². The number of rotatable bonds is 5. The quantitative estimate of drug-likeness (QED) is 0.618. The SMILES string of the molecule is CCC(C)(CNC(=O)C(C)(C)N)C(=O)O. The number of nitrogens with two attached hydrogens (primary N) is 1. The van der Waals surface area contributed by atoms with Crippen molar-refractivity contribution in [3.05, 3.63) is 0 Å². The van der Waals surface area contributed by atoms with Crippen molar-refractivity contribution in [1.29, 1.82) is 0 Å². The fourth-order valence-corrected chi connectivity index (χ4v) is 0.855. The van der Waals surface area contributed by atoms with Crippen LogP contribution in [0.5, 0.6) is 0 Å². The van der Waals surface area contributed by atoms with Gasteiger partial charge >= 0.3 is 5.97 Å². The number of aliphatic carboxylic acids is 1. The lowest BCUT2D eigenvalue weighted by atomic mass is 9.87. The fraction of sp³-hybridized carbons (Fsp3) is 0.800. The Kier molecular flexibility index (Phi) is 4.27. The van der Waals surface area contributed by atoms with Crippen molar-refractivity contribution in [3.63, 3.8) is 0 Å². The van der Waals surface area contributed by atoms with Gasteiger partial charge in [0.15, 0.2) is 0 Å². The minimum absolute atomic E-state index is 0.0955. The fourth-order valence-electron chi connectivity index (χ4n) is 0.855. The highest BCUT2D eigenvalue weighted by molar-refractivity contribution is 5.85. The first-order valence-corrected chi connectivity index (χ1v) is 4.94. The molecule has 1 atom stereocenters. The minimum atomic E-state index is -0.979. The van der Waals surface area contributed by atoms with Gasteiger partial charge in [0, 0.05) is 6.54 Å². The van der Waals surface area contributed by atoms with Gasteiger partial charge in [0.1, 0.15) is 0 Å². The number of carbonyl (C=O) groups is 2. The van der Waals surface area contributed by atoms with Gasteiger partial charge in [-0.2, -0.15) is 0 Å². The van der Waals surface area contributed by atoms with Crippen LogP contribution in [-0.2, 0) is 9.59 Å². The standard InChI is InChI=1S/C10H20N2O3/c1-5-10(4,8(14)15)6-12-7(13)9(2,3)11/h5-6,11H2,1-4H3,(H,12,13)(H,14,15). The summed E-state index contributed by atoms with van der Waals surface area (Å²) in [6, 6.07) is 0. The third kappa shape index (κ3) is 3.87. The Morgan fingerprint density at radius 1 is 1.33 bits per heavy atom. The molecule has 0 saturated heterocycles. The van der Waals surface area contributed by atoms with Crippen molar-refractivity contribution in [2.45, 2.75) is 39.7 Å². The van der Waals surface area contributed by atoms with Crippen LogP contribution in [0.2, 0.25) is 0 Å². The first-order valence-electron chi connectivity index (χ1n) is 4.94. The second-order valence-corrected chi connectivity index (χ2v) is 4.62. The third-order valence-corrected chi connectivity index (χ3v) is 2.52. The molecule has 0 fully saturated rings. The Labute approximate surface area is 90.0 Å². The number of carboxylic acids is 1. The van der Waals surface area contributed by atoms with Crippen molar-refractivity contribution in [2.75, 3.05) is 6.54 Å². The highest BCUT2D eigenvalue weighted by Crippen LogP contribution is 2.20. The summed E-state index contributed by atoms with van der Waals surface area (Å²) in [4.78, 5) is 22.4. The van der Waals surface area contributed by atoms with Crippen LogP contribution in [0, 0.1) is 5.41 Å². The number of hydrogen-bond acceptors (Lipinski definition) is 3. The van der Waals surface area contributed by atoms with Crippen LogP contribution in [0.3, 0.4) is 0 Å². The maximum Gasteiger partial charge on any atom is 0.311 e. The molecule has 0 aromatic heterocycles. The van der Waals surface area contributed by atoms with Gasteiger partial charge in [-0.25, -0.2) is 0 Å². The molecule has 15 heavy (non-hydrogen) atoms. The number of hydrogen-bond donors (Lipinski definition) is 3. The predicted octanol–water partition coefficient (Wildman–Crippen LogP) is 0.341. The second kappa shape index (κ2) is 4.61. The van der Waals surface area contributed by atoms with E-state index in [1.54, 1.807) is 27.7 Å². The molecular weight excluding hydrogens is 196 g/mol. The van der Waals surface area contributed by atoms with Crippen molar-refractivity contribution in [2.24, 2.45) is 11.1 Å². The van der Waals surface area contributed by atoms with E-state index in [9.17, 15) is 9.59 Å². The Balaban J connectivity index is 4.38. The van der Waals surface area contributed by atoms with Crippen LogP contribution in [-0.4, -0.2) is 29.1 Å². The van der Waals surface area contributed by atoms with Crippen LogP contribution in [0.15, 0.2) is 0 Å². The van der Waals surface area contributed by atoms with Crippen molar-refractivity contribution in [3.8, 4) is 0 Å². The van der Waals surface area contributed by atoms with Gasteiger partial charge in [-0.3, -0.25) is 9.59 Å². The first-order chi connectivity index (χ1) is 6.63. The van der Waals surface area contributed by atoms with Crippen LogP contribution in [0.25, 0.3) is 0 Å².